The van der Waals surface area contributed by atoms with E-state index in [0.717, 1.165) is 71.6 Å². The van der Waals surface area contributed by atoms with Crippen LogP contribution in [0, 0.1) is 17.3 Å². The van der Waals surface area contributed by atoms with E-state index in [1.165, 1.54) is 7.11 Å². The van der Waals surface area contributed by atoms with Crippen LogP contribution in [-0.4, -0.2) is 104 Å². The van der Waals surface area contributed by atoms with Crippen molar-refractivity contribution in [1.29, 1.82) is 0 Å². The van der Waals surface area contributed by atoms with E-state index in [4.69, 9.17) is 19.4 Å². The minimum Gasteiger partial charge on any atom is -0.465 e. The Kier molecular flexibility index (Phi) is 11.9. The van der Waals surface area contributed by atoms with Gasteiger partial charge in [0.1, 0.15) is 23.7 Å². The molecule has 2 aromatic carbocycles. The van der Waals surface area contributed by atoms with Gasteiger partial charge in [-0.3, -0.25) is 9.59 Å². The number of nitrogens with one attached hydrogen (secondary N) is 4. The fourth-order valence-electron chi connectivity index (χ4n) is 8.69. The minimum absolute atomic E-state index is 0.0770. The van der Waals surface area contributed by atoms with Gasteiger partial charge in [-0.15, -0.1) is 0 Å². The summed E-state index contributed by atoms with van der Waals surface area (Å²) < 4.78 is 10.5. The third-order valence-corrected chi connectivity index (χ3v) is 12.0. The molecule has 58 heavy (non-hydrogen) atoms. The van der Waals surface area contributed by atoms with Crippen LogP contribution < -0.4 is 10.6 Å². The van der Waals surface area contributed by atoms with Gasteiger partial charge in [-0.2, -0.15) is 0 Å². The minimum atomic E-state index is -1.21. The molecule has 4 atom stereocenters. The molecule has 0 aliphatic carbocycles. The zero-order chi connectivity index (χ0) is 41.1. The van der Waals surface area contributed by atoms with Crippen LogP contribution in [0.1, 0.15) is 83.5 Å². The van der Waals surface area contributed by atoms with Gasteiger partial charge in [0.05, 0.1) is 30.6 Å². The zero-order valence-electron chi connectivity index (χ0n) is 33.8. The van der Waals surface area contributed by atoms with Gasteiger partial charge >= 0.3 is 12.2 Å². The van der Waals surface area contributed by atoms with E-state index in [1.54, 1.807) is 4.90 Å². The van der Waals surface area contributed by atoms with Gasteiger partial charge < -0.3 is 45.0 Å². The first-order valence-corrected chi connectivity index (χ1v) is 20.2. The number of aromatic nitrogens is 4. The van der Waals surface area contributed by atoms with Crippen molar-refractivity contribution in [3.05, 3.63) is 72.6 Å². The number of carboxylic acid groups (broad SMARTS) is 1. The van der Waals surface area contributed by atoms with Crippen molar-refractivity contribution in [3.63, 3.8) is 0 Å². The van der Waals surface area contributed by atoms with E-state index in [2.05, 4.69) is 44.9 Å². The fourth-order valence-corrected chi connectivity index (χ4v) is 8.69. The van der Waals surface area contributed by atoms with Gasteiger partial charge in [0, 0.05) is 49.8 Å². The molecule has 15 heteroatoms. The Balaban J connectivity index is 1.04. The molecule has 4 aromatic rings. The molecule has 0 saturated carbocycles. The molecule has 4 amide bonds. The predicted molar refractivity (Wildman–Crippen MR) is 216 cm³/mol. The highest BCUT2D eigenvalue weighted by molar-refractivity contribution is 5.87. The highest BCUT2D eigenvalue weighted by Gasteiger charge is 2.49. The van der Waals surface area contributed by atoms with Crippen LogP contribution in [0.2, 0.25) is 0 Å². The number of hydrogen-bond donors (Lipinski definition) is 5. The molecule has 5 N–H and O–H groups in total. The Hall–Kier alpha value is -5.70. The third-order valence-electron chi connectivity index (χ3n) is 12.0. The summed E-state index contributed by atoms with van der Waals surface area (Å²) in [5.74, 6) is 0.698. The van der Waals surface area contributed by atoms with Crippen LogP contribution in [-0.2, 0) is 19.1 Å². The van der Waals surface area contributed by atoms with Gasteiger partial charge in [0.2, 0.25) is 11.8 Å². The topological polar surface area (TPSA) is 195 Å². The monoisotopic (exact) mass is 794 g/mol. The Labute approximate surface area is 338 Å². The van der Waals surface area contributed by atoms with Crippen LogP contribution in [0.5, 0.6) is 0 Å². The number of carbonyl (C=O) groups excluding carboxylic acids is 3. The molecule has 7 rings (SSSR count). The number of methoxy groups -OCH3 is 1. The molecular formula is C43H54N8O7. The van der Waals surface area contributed by atoms with Crippen molar-refractivity contribution >= 4 is 24.0 Å². The average molecular weight is 795 g/mol. The summed E-state index contributed by atoms with van der Waals surface area (Å²) in [6.45, 7) is 9.92. The quantitative estimate of drug-likeness (QED) is 0.112. The van der Waals surface area contributed by atoms with E-state index in [-0.39, 0.29) is 41.1 Å². The van der Waals surface area contributed by atoms with Crippen LogP contribution in [0.25, 0.3) is 33.6 Å². The largest absolute Gasteiger partial charge is 0.465 e. The van der Waals surface area contributed by atoms with E-state index in [9.17, 15) is 24.3 Å². The maximum absolute atomic E-state index is 14.1. The van der Waals surface area contributed by atoms with Crippen molar-refractivity contribution in [2.24, 2.45) is 17.3 Å². The standard InChI is InChI=1S/C43H54N8O7/c1-25(2)35(48-41(54)55)39(52)50-18-6-7-33(50)37-44-22-31(46-37)29-12-8-27(9-13-29)28-10-14-30(15-11-28)32-23-45-38(47-32)34-21-43(16-19-58-20-17-43)24-51(34)40(53)36(26(3)4)49-42(56)57-5/h8-15,22-23,25-26,33-36,48H,6-7,16-21,24H2,1-5H3,(H,44,46)(H,45,47)(H,49,56)(H,54,55)/t33-,34?,35-,36-/m0/s1. The molecule has 1 spiro atoms. The Morgan fingerprint density at radius 3 is 1.79 bits per heavy atom. The van der Waals surface area contributed by atoms with Gasteiger partial charge in [-0.1, -0.05) is 76.2 Å². The van der Waals surface area contributed by atoms with Crippen LogP contribution >= 0.6 is 0 Å². The first-order chi connectivity index (χ1) is 27.9. The number of likely N-dealkylation sites (tertiary alicyclic amines) is 2. The lowest BCUT2D eigenvalue weighted by molar-refractivity contribution is -0.136. The predicted octanol–water partition coefficient (Wildman–Crippen LogP) is 6.54. The van der Waals surface area contributed by atoms with Crippen LogP contribution in [0.4, 0.5) is 9.59 Å². The van der Waals surface area contributed by atoms with Crippen molar-refractivity contribution in [2.75, 3.05) is 33.4 Å². The maximum atomic E-state index is 14.1. The van der Waals surface area contributed by atoms with Crippen LogP contribution in [0.15, 0.2) is 60.9 Å². The van der Waals surface area contributed by atoms with Gasteiger partial charge in [0.25, 0.3) is 0 Å². The number of H-pyrrole nitrogens is 2. The molecular weight excluding hydrogens is 741 g/mol. The molecule has 308 valence electrons. The van der Waals surface area contributed by atoms with Gasteiger partial charge in [0.15, 0.2) is 0 Å². The second-order valence-electron chi connectivity index (χ2n) is 16.5. The van der Waals surface area contributed by atoms with E-state index in [0.29, 0.717) is 32.1 Å². The number of amides is 4. The molecule has 0 radical (unpaired) electrons. The number of aromatic amines is 2. The Bertz CT molecular complexity index is 2090. The summed E-state index contributed by atoms with van der Waals surface area (Å²) in [6, 6.07) is 14.3. The maximum Gasteiger partial charge on any atom is 0.407 e. The van der Waals surface area contributed by atoms with Gasteiger partial charge in [-0.05, 0) is 60.5 Å². The number of benzene rings is 2. The number of carbonyl (C=O) groups is 4. The summed E-state index contributed by atoms with van der Waals surface area (Å²) in [4.78, 5) is 71.2. The molecule has 15 nitrogen and oxygen atoms in total. The number of hydrogen-bond acceptors (Lipinski definition) is 8. The van der Waals surface area contributed by atoms with Gasteiger partial charge in [-0.25, -0.2) is 19.6 Å². The number of ether oxygens (including phenoxy) is 2. The summed E-state index contributed by atoms with van der Waals surface area (Å²) in [6.07, 6.45) is 5.92. The lowest BCUT2D eigenvalue weighted by Crippen LogP contribution is -2.51. The molecule has 3 saturated heterocycles. The molecule has 5 heterocycles. The van der Waals surface area contributed by atoms with Crippen LogP contribution in [0.3, 0.4) is 0 Å². The summed E-state index contributed by atoms with van der Waals surface area (Å²) >= 11 is 0. The first-order valence-electron chi connectivity index (χ1n) is 20.2. The SMILES string of the molecule is COC(=O)N[C@H](C(=O)N1CC2(CCOCC2)CC1c1nc(-c2ccc(-c3ccc(-c4c[nH]c([C@@H]5CCCN5C(=O)[C@@H](NC(=O)O)C(C)C)n4)cc3)cc2)c[nH]1)C(C)C. The first kappa shape index (κ1) is 40.5. The fraction of sp³-hybridized carbons (Fsp3) is 0.488. The average Bonchev–Trinajstić information content (AvgIpc) is 4.05. The highest BCUT2D eigenvalue weighted by atomic mass is 16.5. The lowest BCUT2D eigenvalue weighted by Gasteiger charge is -2.34. The number of alkyl carbamates (subject to hydrolysis) is 1. The molecule has 2 aromatic heterocycles. The Morgan fingerprint density at radius 2 is 1.28 bits per heavy atom. The van der Waals surface area contributed by atoms with E-state index >= 15 is 0 Å². The summed E-state index contributed by atoms with van der Waals surface area (Å²) in [7, 11) is 1.30. The second-order valence-corrected chi connectivity index (χ2v) is 16.5. The second kappa shape index (κ2) is 17.0. The molecule has 1 unspecified atom stereocenters. The van der Waals surface area contributed by atoms with Crippen molar-refractivity contribution in [1.82, 2.24) is 40.4 Å². The van der Waals surface area contributed by atoms with E-state index in [1.807, 2.05) is 69.3 Å². The normalized spacial score (nSPS) is 20.1. The molecule has 3 aliphatic rings. The van der Waals surface area contributed by atoms with E-state index < -0.39 is 24.3 Å². The third kappa shape index (κ3) is 8.45. The number of imidazole rings is 2. The van der Waals surface area contributed by atoms with Crippen molar-refractivity contribution in [2.45, 2.75) is 84.0 Å². The highest BCUT2D eigenvalue weighted by Crippen LogP contribution is 2.49. The zero-order valence-corrected chi connectivity index (χ0v) is 33.8. The molecule has 3 aliphatic heterocycles. The van der Waals surface area contributed by atoms with Crippen molar-refractivity contribution < 1.29 is 33.8 Å². The lowest BCUT2D eigenvalue weighted by atomic mass is 9.78. The summed E-state index contributed by atoms with van der Waals surface area (Å²) in [5.41, 5.74) is 5.41. The smallest absolute Gasteiger partial charge is 0.407 e. The summed E-state index contributed by atoms with van der Waals surface area (Å²) in [5, 5.41) is 14.4. The number of rotatable bonds is 11. The number of nitrogens with zero attached hydrogens (tertiary/aromatic N) is 4. The van der Waals surface area contributed by atoms with Crippen molar-refractivity contribution in [3.8, 4) is 33.6 Å². The Morgan fingerprint density at radius 1 is 0.776 bits per heavy atom. The molecule has 3 fully saturated rings. The molecule has 0 bridgehead atoms.